The highest BCUT2D eigenvalue weighted by atomic mass is 35.5. The molecule has 1 unspecified atom stereocenters. The van der Waals surface area contributed by atoms with Gasteiger partial charge in [-0.25, -0.2) is 4.79 Å². The Bertz CT molecular complexity index is 519. The van der Waals surface area contributed by atoms with Crippen LogP contribution in [0, 0.1) is 0 Å². The van der Waals surface area contributed by atoms with Gasteiger partial charge in [0, 0.05) is 16.5 Å². The number of benzene rings is 1. The Morgan fingerprint density at radius 3 is 2.57 bits per heavy atom. The molecule has 1 amide bonds. The van der Waals surface area contributed by atoms with Gasteiger partial charge in [0.1, 0.15) is 5.60 Å². The zero-order valence-electron chi connectivity index (χ0n) is 12.3. The molecule has 0 radical (unpaired) electrons. The zero-order valence-corrected chi connectivity index (χ0v) is 13.1. The first-order valence-corrected chi connectivity index (χ1v) is 6.95. The summed E-state index contributed by atoms with van der Waals surface area (Å²) in [5.74, 6) is 0. The van der Waals surface area contributed by atoms with E-state index in [4.69, 9.17) is 21.9 Å². The summed E-state index contributed by atoms with van der Waals surface area (Å²) in [6.07, 6.45) is -0.0336. The standard InChI is InChI=1S/C14H19ClN4O2/c1-14(2,3)21-13(20)18-12(8-9-17-19-16)10-4-6-11(15)7-5-10/h4-7,12H,8-9H2,1-3H3,(H,18,20). The van der Waals surface area contributed by atoms with E-state index in [0.29, 0.717) is 11.4 Å². The molecule has 0 heterocycles. The lowest BCUT2D eigenvalue weighted by Crippen LogP contribution is -2.35. The summed E-state index contributed by atoms with van der Waals surface area (Å²) in [7, 11) is 0. The van der Waals surface area contributed by atoms with Crippen LogP contribution in [0.4, 0.5) is 4.79 Å². The fraction of sp³-hybridized carbons (Fsp3) is 0.500. The molecule has 0 saturated carbocycles. The second-order valence-electron chi connectivity index (χ2n) is 5.49. The summed E-state index contributed by atoms with van der Waals surface area (Å²) >= 11 is 5.86. The highest BCUT2D eigenvalue weighted by molar-refractivity contribution is 6.30. The third kappa shape index (κ3) is 6.88. The molecule has 0 aliphatic rings. The second-order valence-corrected chi connectivity index (χ2v) is 5.93. The Balaban J connectivity index is 2.79. The van der Waals surface area contributed by atoms with Gasteiger partial charge in [-0.05, 0) is 50.4 Å². The normalized spacial score (nSPS) is 12.2. The molecule has 0 aromatic heterocycles. The summed E-state index contributed by atoms with van der Waals surface area (Å²) in [5.41, 5.74) is 8.65. The first kappa shape index (κ1) is 17.1. The number of rotatable bonds is 5. The molecule has 1 N–H and O–H groups in total. The lowest BCUT2D eigenvalue weighted by Gasteiger charge is -2.23. The van der Waals surface area contributed by atoms with Gasteiger partial charge < -0.3 is 10.1 Å². The minimum absolute atomic E-state index is 0.277. The summed E-state index contributed by atoms with van der Waals surface area (Å²) in [6.45, 7) is 5.66. The fourth-order valence-corrected chi connectivity index (χ4v) is 1.82. The monoisotopic (exact) mass is 310 g/mol. The summed E-state index contributed by atoms with van der Waals surface area (Å²) in [4.78, 5) is 14.6. The number of carbonyl (C=O) groups excluding carboxylic acids is 1. The molecule has 114 valence electrons. The van der Waals surface area contributed by atoms with Gasteiger partial charge in [-0.3, -0.25) is 0 Å². The number of azide groups is 1. The summed E-state index contributed by atoms with van der Waals surface area (Å²) < 4.78 is 5.24. The van der Waals surface area contributed by atoms with Gasteiger partial charge >= 0.3 is 6.09 Å². The van der Waals surface area contributed by atoms with E-state index < -0.39 is 11.7 Å². The average Bonchev–Trinajstić information content (AvgIpc) is 2.36. The number of halogens is 1. The predicted molar refractivity (Wildman–Crippen MR) is 82.2 cm³/mol. The molecule has 0 aliphatic carbocycles. The van der Waals surface area contributed by atoms with Gasteiger partial charge in [-0.2, -0.15) is 0 Å². The quantitative estimate of drug-likeness (QED) is 0.489. The number of hydrogen-bond donors (Lipinski definition) is 1. The minimum Gasteiger partial charge on any atom is -0.444 e. The van der Waals surface area contributed by atoms with Crippen molar-refractivity contribution >= 4 is 17.7 Å². The maximum Gasteiger partial charge on any atom is 0.408 e. The van der Waals surface area contributed by atoms with Crippen LogP contribution in [0.3, 0.4) is 0 Å². The van der Waals surface area contributed by atoms with Crippen molar-refractivity contribution in [3.8, 4) is 0 Å². The van der Waals surface area contributed by atoms with E-state index in [9.17, 15) is 4.79 Å². The molecule has 0 aliphatic heterocycles. The van der Waals surface area contributed by atoms with E-state index in [-0.39, 0.29) is 12.6 Å². The van der Waals surface area contributed by atoms with Crippen LogP contribution in [0.5, 0.6) is 0 Å². The highest BCUT2D eigenvalue weighted by Crippen LogP contribution is 2.20. The van der Waals surface area contributed by atoms with Crippen LogP contribution in [-0.4, -0.2) is 18.2 Å². The van der Waals surface area contributed by atoms with E-state index in [0.717, 1.165) is 5.56 Å². The van der Waals surface area contributed by atoms with Crippen LogP contribution in [0.25, 0.3) is 10.4 Å². The molecule has 1 aromatic rings. The molecule has 0 spiro atoms. The van der Waals surface area contributed by atoms with Crippen molar-refractivity contribution in [1.29, 1.82) is 0 Å². The Morgan fingerprint density at radius 2 is 2.05 bits per heavy atom. The van der Waals surface area contributed by atoms with Crippen molar-refractivity contribution < 1.29 is 9.53 Å². The Labute approximate surface area is 129 Å². The van der Waals surface area contributed by atoms with Crippen LogP contribution in [-0.2, 0) is 4.74 Å². The van der Waals surface area contributed by atoms with Crippen LogP contribution < -0.4 is 5.32 Å². The summed E-state index contributed by atoms with van der Waals surface area (Å²) in [5, 5.41) is 6.90. The molecule has 1 atom stereocenters. The van der Waals surface area contributed by atoms with Crippen molar-refractivity contribution in [2.75, 3.05) is 6.54 Å². The fourth-order valence-electron chi connectivity index (χ4n) is 1.70. The maximum atomic E-state index is 11.9. The topological polar surface area (TPSA) is 87.1 Å². The average molecular weight is 311 g/mol. The van der Waals surface area contributed by atoms with Gasteiger partial charge in [0.2, 0.25) is 0 Å². The van der Waals surface area contributed by atoms with E-state index in [2.05, 4.69) is 15.3 Å². The Hall–Kier alpha value is -1.91. The van der Waals surface area contributed by atoms with Crippen molar-refractivity contribution in [2.24, 2.45) is 5.11 Å². The van der Waals surface area contributed by atoms with E-state index in [1.807, 2.05) is 12.1 Å². The number of alkyl carbamates (subject to hydrolysis) is 1. The smallest absolute Gasteiger partial charge is 0.408 e. The number of carbonyl (C=O) groups is 1. The van der Waals surface area contributed by atoms with Gasteiger partial charge in [0.25, 0.3) is 0 Å². The third-order valence-corrected chi connectivity index (χ3v) is 2.80. The molecule has 21 heavy (non-hydrogen) atoms. The predicted octanol–water partition coefficient (Wildman–Crippen LogP) is 4.61. The lowest BCUT2D eigenvalue weighted by atomic mass is 10.0. The molecular formula is C14H19ClN4O2. The number of ether oxygens (including phenoxy) is 1. The van der Waals surface area contributed by atoms with E-state index >= 15 is 0 Å². The number of nitrogens with one attached hydrogen (secondary N) is 1. The van der Waals surface area contributed by atoms with Crippen molar-refractivity contribution in [3.63, 3.8) is 0 Å². The molecule has 0 saturated heterocycles. The summed E-state index contributed by atoms with van der Waals surface area (Å²) in [6, 6.07) is 6.83. The highest BCUT2D eigenvalue weighted by Gasteiger charge is 2.20. The van der Waals surface area contributed by atoms with E-state index in [1.165, 1.54) is 0 Å². The van der Waals surface area contributed by atoms with Gasteiger partial charge in [-0.15, -0.1) is 0 Å². The maximum absolute atomic E-state index is 11.9. The molecule has 7 heteroatoms. The number of nitrogens with zero attached hydrogens (tertiary/aromatic N) is 3. The van der Waals surface area contributed by atoms with Crippen molar-refractivity contribution in [1.82, 2.24) is 5.32 Å². The zero-order chi connectivity index (χ0) is 15.9. The van der Waals surface area contributed by atoms with Gasteiger partial charge in [0.15, 0.2) is 0 Å². The van der Waals surface area contributed by atoms with Crippen LogP contribution in [0.1, 0.15) is 38.8 Å². The SMILES string of the molecule is CC(C)(C)OC(=O)NC(CCN=[N+]=[N-])c1ccc(Cl)cc1. The number of hydrogen-bond acceptors (Lipinski definition) is 3. The number of amides is 1. The van der Waals surface area contributed by atoms with Crippen LogP contribution in [0.15, 0.2) is 29.4 Å². The second kappa shape index (κ2) is 7.76. The molecule has 0 fully saturated rings. The largest absolute Gasteiger partial charge is 0.444 e. The van der Waals surface area contributed by atoms with Crippen LogP contribution in [0.2, 0.25) is 5.02 Å². The molecule has 1 rings (SSSR count). The van der Waals surface area contributed by atoms with Gasteiger partial charge in [0.05, 0.1) is 6.04 Å². The Kier molecular flexibility index (Phi) is 6.34. The first-order valence-electron chi connectivity index (χ1n) is 6.57. The molecular weight excluding hydrogens is 292 g/mol. The lowest BCUT2D eigenvalue weighted by molar-refractivity contribution is 0.0501. The van der Waals surface area contributed by atoms with Gasteiger partial charge in [-0.1, -0.05) is 28.8 Å². The first-order chi connectivity index (χ1) is 9.81. The van der Waals surface area contributed by atoms with Crippen LogP contribution >= 0.6 is 11.6 Å². The minimum atomic E-state index is -0.570. The van der Waals surface area contributed by atoms with Crippen molar-refractivity contribution in [3.05, 3.63) is 45.3 Å². The third-order valence-electron chi connectivity index (χ3n) is 2.54. The molecule has 1 aromatic carbocycles. The molecule has 6 nitrogen and oxygen atoms in total. The Morgan fingerprint density at radius 1 is 1.43 bits per heavy atom. The molecule has 0 bridgehead atoms. The van der Waals surface area contributed by atoms with Crippen molar-refractivity contribution in [2.45, 2.75) is 38.8 Å². The van der Waals surface area contributed by atoms with E-state index in [1.54, 1.807) is 32.9 Å².